The van der Waals surface area contributed by atoms with Crippen LogP contribution in [0.25, 0.3) is 0 Å². The van der Waals surface area contributed by atoms with Gasteiger partial charge in [-0.15, -0.1) is 11.3 Å². The molecule has 0 amide bonds. The number of nitrogens with zero attached hydrogens (tertiary/aromatic N) is 4. The van der Waals surface area contributed by atoms with E-state index < -0.39 is 0 Å². The molecule has 118 valence electrons. The van der Waals surface area contributed by atoms with Crippen LogP contribution in [0.5, 0.6) is 0 Å². The van der Waals surface area contributed by atoms with Crippen LogP contribution < -0.4 is 0 Å². The zero-order valence-corrected chi connectivity index (χ0v) is 14.3. The summed E-state index contributed by atoms with van der Waals surface area (Å²) in [5.41, 5.74) is 4.09. The Bertz CT molecular complexity index is 672. The van der Waals surface area contributed by atoms with Crippen LogP contribution in [0.2, 0.25) is 0 Å². The topological polar surface area (TPSA) is 34.0 Å². The SMILES string of the molecule is Cc1nc(C)c(CN2CC[C@@H](n3cnc4c3CCCC4)C2)s1. The molecule has 2 aromatic heterocycles. The van der Waals surface area contributed by atoms with E-state index in [1.807, 2.05) is 11.3 Å². The molecule has 4 rings (SSSR count). The molecular weight excluding hydrogens is 292 g/mol. The molecule has 0 saturated carbocycles. The summed E-state index contributed by atoms with van der Waals surface area (Å²) in [7, 11) is 0. The average Bonchev–Trinajstić information content (AvgIpc) is 3.18. The van der Waals surface area contributed by atoms with Crippen molar-refractivity contribution in [1.82, 2.24) is 19.4 Å². The Morgan fingerprint density at radius 3 is 2.95 bits per heavy atom. The molecule has 0 bridgehead atoms. The molecule has 2 aromatic rings. The van der Waals surface area contributed by atoms with Crippen LogP contribution in [0.3, 0.4) is 0 Å². The minimum atomic E-state index is 0.615. The third-order valence-electron chi connectivity index (χ3n) is 5.07. The number of imidazole rings is 1. The summed E-state index contributed by atoms with van der Waals surface area (Å²) in [6, 6.07) is 0.615. The average molecular weight is 316 g/mol. The lowest BCUT2D eigenvalue weighted by Gasteiger charge is -2.20. The second-order valence-corrected chi connectivity index (χ2v) is 7.96. The smallest absolute Gasteiger partial charge is 0.0954 e. The van der Waals surface area contributed by atoms with E-state index in [2.05, 4.69) is 39.6 Å². The quantitative estimate of drug-likeness (QED) is 0.871. The number of rotatable bonds is 3. The Hall–Kier alpha value is -1.20. The van der Waals surface area contributed by atoms with Crippen LogP contribution in [0.4, 0.5) is 0 Å². The van der Waals surface area contributed by atoms with E-state index in [4.69, 9.17) is 0 Å². The van der Waals surface area contributed by atoms with Crippen molar-refractivity contribution in [2.75, 3.05) is 13.1 Å². The summed E-state index contributed by atoms with van der Waals surface area (Å²) in [5, 5.41) is 1.19. The van der Waals surface area contributed by atoms with Crippen LogP contribution in [0.15, 0.2) is 6.33 Å². The van der Waals surface area contributed by atoms with Crippen molar-refractivity contribution < 1.29 is 0 Å². The first-order chi connectivity index (χ1) is 10.7. The van der Waals surface area contributed by atoms with Gasteiger partial charge in [-0.05, 0) is 46.0 Å². The molecule has 0 N–H and O–H groups in total. The van der Waals surface area contributed by atoms with E-state index in [1.165, 1.54) is 65.6 Å². The summed E-state index contributed by atoms with van der Waals surface area (Å²) >= 11 is 1.85. The number of hydrogen-bond donors (Lipinski definition) is 0. The van der Waals surface area contributed by atoms with Gasteiger partial charge in [0, 0.05) is 36.2 Å². The van der Waals surface area contributed by atoms with Gasteiger partial charge in [-0.1, -0.05) is 0 Å². The fourth-order valence-electron chi connectivity index (χ4n) is 3.91. The predicted molar refractivity (Wildman–Crippen MR) is 89.4 cm³/mol. The summed E-state index contributed by atoms with van der Waals surface area (Å²) < 4.78 is 2.49. The molecule has 0 aromatic carbocycles. The highest BCUT2D eigenvalue weighted by atomic mass is 32.1. The van der Waals surface area contributed by atoms with E-state index >= 15 is 0 Å². The van der Waals surface area contributed by atoms with Gasteiger partial charge in [0.15, 0.2) is 0 Å². The van der Waals surface area contributed by atoms with Crippen LogP contribution >= 0.6 is 11.3 Å². The maximum Gasteiger partial charge on any atom is 0.0954 e. The first-order valence-electron chi connectivity index (χ1n) is 8.40. The maximum atomic E-state index is 4.66. The third kappa shape index (κ3) is 2.61. The molecule has 1 saturated heterocycles. The molecular formula is C17H24N4S. The van der Waals surface area contributed by atoms with Gasteiger partial charge in [0.1, 0.15) is 0 Å². The van der Waals surface area contributed by atoms with Crippen LogP contribution in [-0.2, 0) is 19.4 Å². The molecule has 4 nitrogen and oxygen atoms in total. The van der Waals surface area contributed by atoms with Gasteiger partial charge in [-0.25, -0.2) is 9.97 Å². The van der Waals surface area contributed by atoms with Crippen molar-refractivity contribution in [3.63, 3.8) is 0 Å². The van der Waals surface area contributed by atoms with Gasteiger partial charge in [0.2, 0.25) is 0 Å². The highest BCUT2D eigenvalue weighted by molar-refractivity contribution is 7.11. The minimum absolute atomic E-state index is 0.615. The Morgan fingerprint density at radius 2 is 2.14 bits per heavy atom. The molecule has 3 heterocycles. The summed E-state index contributed by atoms with van der Waals surface area (Å²) in [4.78, 5) is 13.2. The fraction of sp³-hybridized carbons (Fsp3) is 0.647. The number of likely N-dealkylation sites (tertiary alicyclic amines) is 1. The van der Waals surface area contributed by atoms with Gasteiger partial charge in [-0.2, -0.15) is 0 Å². The fourth-order valence-corrected chi connectivity index (χ4v) is 4.89. The largest absolute Gasteiger partial charge is 0.330 e. The van der Waals surface area contributed by atoms with Crippen LogP contribution in [0.1, 0.15) is 52.3 Å². The number of aryl methyl sites for hydroxylation is 3. The number of fused-ring (bicyclic) bond motifs is 1. The molecule has 1 aliphatic heterocycles. The van der Waals surface area contributed by atoms with Crippen LogP contribution in [-0.4, -0.2) is 32.5 Å². The monoisotopic (exact) mass is 316 g/mol. The molecule has 5 heteroatoms. The van der Waals surface area contributed by atoms with Gasteiger partial charge < -0.3 is 4.57 Å². The number of hydrogen-bond acceptors (Lipinski definition) is 4. The Labute approximate surface area is 136 Å². The van der Waals surface area contributed by atoms with Gasteiger partial charge in [-0.3, -0.25) is 4.90 Å². The Morgan fingerprint density at radius 1 is 1.27 bits per heavy atom. The first kappa shape index (κ1) is 14.4. The predicted octanol–water partition coefficient (Wildman–Crippen LogP) is 3.28. The summed E-state index contributed by atoms with van der Waals surface area (Å²) in [6.07, 6.45) is 8.39. The van der Waals surface area contributed by atoms with Crippen molar-refractivity contribution in [2.24, 2.45) is 0 Å². The van der Waals surface area contributed by atoms with Crippen LogP contribution in [0, 0.1) is 13.8 Å². The van der Waals surface area contributed by atoms with E-state index in [9.17, 15) is 0 Å². The van der Waals surface area contributed by atoms with Gasteiger partial charge in [0.25, 0.3) is 0 Å². The molecule has 1 fully saturated rings. The molecule has 1 atom stereocenters. The third-order valence-corrected chi connectivity index (χ3v) is 6.13. The van der Waals surface area contributed by atoms with Crippen molar-refractivity contribution in [1.29, 1.82) is 0 Å². The molecule has 0 spiro atoms. The number of thiazole rings is 1. The maximum absolute atomic E-state index is 4.66. The van der Waals surface area contributed by atoms with Crippen molar-refractivity contribution in [2.45, 2.75) is 58.5 Å². The second kappa shape index (κ2) is 5.78. The van der Waals surface area contributed by atoms with Gasteiger partial charge in [0.05, 0.1) is 22.7 Å². The van der Waals surface area contributed by atoms with Crippen molar-refractivity contribution in [3.05, 3.63) is 33.3 Å². The lowest BCUT2D eigenvalue weighted by Crippen LogP contribution is -2.22. The summed E-state index contributed by atoms with van der Waals surface area (Å²) in [6.45, 7) is 7.64. The highest BCUT2D eigenvalue weighted by Gasteiger charge is 2.27. The molecule has 0 radical (unpaired) electrons. The van der Waals surface area contributed by atoms with E-state index in [1.54, 1.807) is 0 Å². The van der Waals surface area contributed by atoms with Crippen molar-refractivity contribution in [3.8, 4) is 0 Å². The second-order valence-electron chi connectivity index (χ2n) is 6.67. The first-order valence-corrected chi connectivity index (χ1v) is 9.22. The number of aromatic nitrogens is 3. The zero-order valence-electron chi connectivity index (χ0n) is 13.5. The standard InChI is InChI=1S/C17H24N4S/c1-12-17(22-13(2)19-12)10-20-8-7-14(9-20)21-11-18-15-5-3-4-6-16(15)21/h11,14H,3-10H2,1-2H3/t14-/m1/s1. The van der Waals surface area contributed by atoms with E-state index in [0.717, 1.165) is 13.1 Å². The summed E-state index contributed by atoms with van der Waals surface area (Å²) in [5.74, 6) is 0. The highest BCUT2D eigenvalue weighted by Crippen LogP contribution is 2.30. The Balaban J connectivity index is 1.46. The molecule has 2 aliphatic rings. The van der Waals surface area contributed by atoms with E-state index in [-0.39, 0.29) is 0 Å². The zero-order chi connectivity index (χ0) is 15.1. The van der Waals surface area contributed by atoms with E-state index in [0.29, 0.717) is 6.04 Å². The van der Waals surface area contributed by atoms with Crippen molar-refractivity contribution >= 4 is 11.3 Å². The molecule has 0 unspecified atom stereocenters. The normalized spacial score (nSPS) is 22.2. The van der Waals surface area contributed by atoms with Gasteiger partial charge >= 0.3 is 0 Å². The molecule has 22 heavy (non-hydrogen) atoms. The lowest BCUT2D eigenvalue weighted by atomic mass is 10.0. The Kier molecular flexibility index (Phi) is 3.78. The lowest BCUT2D eigenvalue weighted by molar-refractivity contribution is 0.316. The minimum Gasteiger partial charge on any atom is -0.330 e. The molecule has 1 aliphatic carbocycles.